The van der Waals surface area contributed by atoms with Gasteiger partial charge in [0.2, 0.25) is 0 Å². The number of urea groups is 1. The van der Waals surface area contributed by atoms with Gasteiger partial charge < -0.3 is 24.4 Å². The second-order valence-electron chi connectivity index (χ2n) is 7.37. The molecular formula is C22H24F2N2O4. The van der Waals surface area contributed by atoms with Gasteiger partial charge in [0.25, 0.3) is 0 Å². The van der Waals surface area contributed by atoms with Gasteiger partial charge in [-0.2, -0.15) is 8.78 Å². The monoisotopic (exact) mass is 418 g/mol. The number of nitrogens with zero attached hydrogens (tertiary/aromatic N) is 1. The maximum atomic E-state index is 12.9. The predicted octanol–water partition coefficient (Wildman–Crippen LogP) is 4.67. The lowest BCUT2D eigenvalue weighted by molar-refractivity contribution is -0.0498. The van der Waals surface area contributed by atoms with Gasteiger partial charge in [-0.05, 0) is 55.2 Å². The van der Waals surface area contributed by atoms with Crippen LogP contribution in [0.25, 0.3) is 0 Å². The molecule has 2 aromatic rings. The molecule has 2 heterocycles. The molecule has 0 saturated carbocycles. The van der Waals surface area contributed by atoms with Crippen LogP contribution in [0.3, 0.4) is 0 Å². The average Bonchev–Trinajstić information content (AvgIpc) is 3.23. The molecule has 2 aromatic carbocycles. The zero-order chi connectivity index (χ0) is 21.1. The van der Waals surface area contributed by atoms with E-state index in [9.17, 15) is 13.6 Å². The molecule has 0 radical (unpaired) electrons. The Hall–Kier alpha value is -3.03. The number of carbonyl (C=O) groups is 1. The first kappa shape index (κ1) is 20.3. The normalized spacial score (nSPS) is 18.9. The van der Waals surface area contributed by atoms with E-state index < -0.39 is 6.61 Å². The number of nitrogens with one attached hydrogen (secondary N) is 1. The number of amides is 2. The fraction of sp³-hybridized carbons (Fsp3) is 0.409. The molecule has 6 nitrogen and oxygen atoms in total. The Labute approximate surface area is 173 Å². The zero-order valence-electron chi connectivity index (χ0n) is 16.6. The molecule has 1 N–H and O–H groups in total. The van der Waals surface area contributed by atoms with Crippen LogP contribution in [0.15, 0.2) is 42.5 Å². The summed E-state index contributed by atoms with van der Waals surface area (Å²) in [6, 6.07) is 11.6. The van der Waals surface area contributed by atoms with Crippen LogP contribution < -0.4 is 19.5 Å². The van der Waals surface area contributed by atoms with Crippen LogP contribution in [-0.4, -0.2) is 37.3 Å². The largest absolute Gasteiger partial charge is 0.486 e. The number of halogens is 2. The summed E-state index contributed by atoms with van der Waals surface area (Å²) in [6.45, 7) is 0.719. The van der Waals surface area contributed by atoms with Crippen molar-refractivity contribution in [2.75, 3.05) is 19.8 Å². The van der Waals surface area contributed by atoms with Crippen molar-refractivity contribution in [1.82, 2.24) is 10.2 Å². The van der Waals surface area contributed by atoms with Crippen molar-refractivity contribution in [3.63, 3.8) is 0 Å². The second-order valence-corrected chi connectivity index (χ2v) is 7.37. The first-order chi connectivity index (χ1) is 14.5. The summed E-state index contributed by atoms with van der Waals surface area (Å²) < 4.78 is 40.2. The summed E-state index contributed by atoms with van der Waals surface area (Å²) in [4.78, 5) is 14.8. The lowest BCUT2D eigenvalue weighted by Gasteiger charge is -2.28. The quantitative estimate of drug-likeness (QED) is 0.767. The van der Waals surface area contributed by atoms with E-state index in [1.165, 1.54) is 12.1 Å². The third-order valence-electron chi connectivity index (χ3n) is 5.41. The van der Waals surface area contributed by atoms with Crippen molar-refractivity contribution in [3.8, 4) is 17.2 Å². The van der Waals surface area contributed by atoms with Gasteiger partial charge in [0.05, 0.1) is 12.1 Å². The first-order valence-electron chi connectivity index (χ1n) is 10.0. The summed E-state index contributed by atoms with van der Waals surface area (Å²) in [5.74, 6) is 1.53. The molecule has 2 amide bonds. The van der Waals surface area contributed by atoms with Crippen LogP contribution >= 0.6 is 0 Å². The maximum Gasteiger partial charge on any atom is 0.387 e. The summed E-state index contributed by atoms with van der Waals surface area (Å²) >= 11 is 0. The van der Waals surface area contributed by atoms with Gasteiger partial charge in [-0.3, -0.25) is 0 Å². The van der Waals surface area contributed by atoms with E-state index in [0.717, 1.165) is 29.7 Å². The minimum Gasteiger partial charge on any atom is -0.486 e. The maximum absolute atomic E-state index is 12.9. The third kappa shape index (κ3) is 4.42. The lowest BCUT2D eigenvalue weighted by atomic mass is 10.0. The van der Waals surface area contributed by atoms with Crippen molar-refractivity contribution in [2.24, 2.45) is 0 Å². The molecule has 2 aliphatic heterocycles. The molecule has 0 spiro atoms. The summed E-state index contributed by atoms with van der Waals surface area (Å²) in [5, 5.41) is 3.00. The average molecular weight is 418 g/mol. The molecule has 4 rings (SSSR count). The molecular weight excluding hydrogens is 394 g/mol. The van der Waals surface area contributed by atoms with E-state index in [2.05, 4.69) is 10.1 Å². The minimum atomic E-state index is -2.86. The molecule has 30 heavy (non-hydrogen) atoms. The third-order valence-corrected chi connectivity index (χ3v) is 5.41. The summed E-state index contributed by atoms with van der Waals surface area (Å²) in [6.07, 6.45) is 1.79. The minimum absolute atomic E-state index is 0.0326. The Bertz CT molecular complexity index is 891. The lowest BCUT2D eigenvalue weighted by Crippen LogP contribution is -2.40. The van der Waals surface area contributed by atoms with Crippen LogP contribution in [0, 0.1) is 0 Å². The van der Waals surface area contributed by atoms with E-state index in [0.29, 0.717) is 25.5 Å². The highest BCUT2D eigenvalue weighted by atomic mass is 19.3. The number of fused-ring (bicyclic) bond motifs is 1. The zero-order valence-corrected chi connectivity index (χ0v) is 16.6. The Kier molecular flexibility index (Phi) is 5.92. The van der Waals surface area contributed by atoms with Crippen LogP contribution in [0.5, 0.6) is 17.2 Å². The molecule has 1 saturated heterocycles. The molecule has 0 aliphatic carbocycles. The van der Waals surface area contributed by atoms with Crippen molar-refractivity contribution in [3.05, 3.63) is 53.6 Å². The van der Waals surface area contributed by atoms with Gasteiger partial charge in [0.1, 0.15) is 19.0 Å². The number of ether oxygens (including phenoxy) is 3. The Balaban J connectivity index is 1.42. The fourth-order valence-corrected chi connectivity index (χ4v) is 3.91. The fourth-order valence-electron chi connectivity index (χ4n) is 3.91. The molecule has 160 valence electrons. The summed E-state index contributed by atoms with van der Waals surface area (Å²) in [5.41, 5.74) is 1.83. The van der Waals surface area contributed by atoms with Gasteiger partial charge in [0.15, 0.2) is 11.5 Å². The van der Waals surface area contributed by atoms with Crippen molar-refractivity contribution < 1.29 is 27.8 Å². The number of alkyl halides is 2. The number of carbonyl (C=O) groups excluding carboxylic acids is 1. The number of hydrogen-bond acceptors (Lipinski definition) is 4. The van der Waals surface area contributed by atoms with Gasteiger partial charge >= 0.3 is 12.6 Å². The first-order valence-corrected chi connectivity index (χ1v) is 10.0. The van der Waals surface area contributed by atoms with Gasteiger partial charge in [-0.25, -0.2) is 4.79 Å². The van der Waals surface area contributed by atoms with E-state index in [1.807, 2.05) is 30.0 Å². The standard InChI is InChI=1S/C22H24F2N2O4/c1-14(15-4-7-17(8-5-15)30-21(23)24)25-22(27)26-10-2-3-18(26)16-6-9-19-20(13-16)29-12-11-28-19/h4-9,13-14,18,21H,2-3,10-12H2,1H3,(H,25,27). The number of hydrogen-bond donors (Lipinski definition) is 1. The van der Waals surface area contributed by atoms with Crippen LogP contribution in [-0.2, 0) is 0 Å². The van der Waals surface area contributed by atoms with Crippen molar-refractivity contribution >= 4 is 6.03 Å². The molecule has 8 heteroatoms. The number of benzene rings is 2. The van der Waals surface area contributed by atoms with Gasteiger partial charge in [0, 0.05) is 6.54 Å². The van der Waals surface area contributed by atoms with Crippen LogP contribution in [0.2, 0.25) is 0 Å². The summed E-state index contributed by atoms with van der Waals surface area (Å²) in [7, 11) is 0. The van der Waals surface area contributed by atoms with Crippen molar-refractivity contribution in [1.29, 1.82) is 0 Å². The predicted molar refractivity (Wildman–Crippen MR) is 106 cm³/mol. The van der Waals surface area contributed by atoms with Crippen LogP contribution in [0.1, 0.15) is 43.0 Å². The molecule has 1 fully saturated rings. The van der Waals surface area contributed by atoms with E-state index in [4.69, 9.17) is 9.47 Å². The van der Waals surface area contributed by atoms with Gasteiger partial charge in [-0.1, -0.05) is 18.2 Å². The number of rotatable bonds is 5. The Morgan fingerprint density at radius 1 is 1.13 bits per heavy atom. The molecule has 0 aromatic heterocycles. The topological polar surface area (TPSA) is 60.0 Å². The molecule has 0 bridgehead atoms. The van der Waals surface area contributed by atoms with Crippen LogP contribution in [0.4, 0.5) is 13.6 Å². The number of likely N-dealkylation sites (tertiary alicyclic amines) is 1. The molecule has 2 aliphatic rings. The molecule has 2 unspecified atom stereocenters. The highest BCUT2D eigenvalue weighted by Crippen LogP contribution is 2.38. The molecule has 2 atom stereocenters. The van der Waals surface area contributed by atoms with E-state index >= 15 is 0 Å². The van der Waals surface area contributed by atoms with Crippen molar-refractivity contribution in [2.45, 2.75) is 38.5 Å². The Morgan fingerprint density at radius 3 is 2.60 bits per heavy atom. The Morgan fingerprint density at radius 2 is 1.87 bits per heavy atom. The van der Waals surface area contributed by atoms with E-state index in [-0.39, 0.29) is 23.9 Å². The highest BCUT2D eigenvalue weighted by Gasteiger charge is 2.31. The van der Waals surface area contributed by atoms with Gasteiger partial charge in [-0.15, -0.1) is 0 Å². The smallest absolute Gasteiger partial charge is 0.387 e. The SMILES string of the molecule is CC(NC(=O)N1CCCC1c1ccc2c(c1)OCCO2)c1ccc(OC(F)F)cc1. The highest BCUT2D eigenvalue weighted by molar-refractivity contribution is 5.75. The second kappa shape index (κ2) is 8.77. The van der Waals surface area contributed by atoms with E-state index in [1.54, 1.807) is 12.1 Å².